The zero-order valence-electron chi connectivity index (χ0n) is 12.3. The van der Waals surface area contributed by atoms with Crippen molar-refractivity contribution < 1.29 is 0 Å². The van der Waals surface area contributed by atoms with E-state index < -0.39 is 0 Å². The van der Waals surface area contributed by atoms with Crippen LogP contribution in [0.25, 0.3) is 0 Å². The minimum atomic E-state index is 0.773. The molecular formula is C19H15ClN2S. The molecule has 0 amide bonds. The summed E-state index contributed by atoms with van der Waals surface area (Å²) in [4.78, 5) is 2.20. The highest BCUT2D eigenvalue weighted by molar-refractivity contribution is 7.99. The molecule has 0 aromatic heterocycles. The van der Waals surface area contributed by atoms with Crippen LogP contribution in [0.2, 0.25) is 5.02 Å². The molecule has 0 heterocycles. The number of halogens is 1. The van der Waals surface area contributed by atoms with Crippen molar-refractivity contribution >= 4 is 35.3 Å². The molecule has 0 unspecified atom stereocenters. The van der Waals surface area contributed by atoms with Crippen LogP contribution in [-0.4, -0.2) is 6.21 Å². The molecule has 0 atom stereocenters. The van der Waals surface area contributed by atoms with Gasteiger partial charge in [-0.2, -0.15) is 5.10 Å². The number of anilines is 1. The number of para-hydroxylation sites is 1. The van der Waals surface area contributed by atoms with Crippen LogP contribution in [0.15, 0.2) is 93.8 Å². The fourth-order valence-electron chi connectivity index (χ4n) is 1.97. The Balaban J connectivity index is 1.62. The molecule has 1 N–H and O–H groups in total. The van der Waals surface area contributed by atoms with Gasteiger partial charge >= 0.3 is 0 Å². The first-order valence-corrected chi connectivity index (χ1v) is 8.37. The minimum Gasteiger partial charge on any atom is -0.279 e. The highest BCUT2D eigenvalue weighted by atomic mass is 35.5. The Hall–Kier alpha value is -2.23. The van der Waals surface area contributed by atoms with Gasteiger partial charge in [0.15, 0.2) is 0 Å². The number of rotatable bonds is 5. The van der Waals surface area contributed by atoms with Gasteiger partial charge in [-0.1, -0.05) is 65.8 Å². The van der Waals surface area contributed by atoms with E-state index in [2.05, 4.69) is 22.7 Å². The Bertz CT molecular complexity index is 786. The Morgan fingerprint density at radius 1 is 0.826 bits per heavy atom. The summed E-state index contributed by atoms with van der Waals surface area (Å²) in [6.45, 7) is 0. The maximum Gasteiger partial charge on any atom is 0.0561 e. The molecule has 3 aromatic carbocycles. The summed E-state index contributed by atoms with van der Waals surface area (Å²) < 4.78 is 0. The second-order valence-electron chi connectivity index (χ2n) is 4.84. The smallest absolute Gasteiger partial charge is 0.0561 e. The lowest BCUT2D eigenvalue weighted by atomic mass is 10.2. The quantitative estimate of drug-likeness (QED) is 0.460. The molecule has 0 radical (unpaired) electrons. The maximum absolute atomic E-state index is 6.18. The van der Waals surface area contributed by atoms with Crippen LogP contribution in [-0.2, 0) is 0 Å². The number of nitrogens with one attached hydrogen (secondary N) is 1. The molecular weight excluding hydrogens is 324 g/mol. The fraction of sp³-hybridized carbons (Fsp3) is 0. The number of nitrogens with zero attached hydrogens (tertiary/aromatic N) is 1. The number of benzene rings is 3. The first-order chi connectivity index (χ1) is 11.3. The second-order valence-corrected chi connectivity index (χ2v) is 6.36. The summed E-state index contributed by atoms with van der Waals surface area (Å²) in [7, 11) is 0. The van der Waals surface area contributed by atoms with E-state index in [0.29, 0.717) is 0 Å². The molecule has 0 spiro atoms. The van der Waals surface area contributed by atoms with Crippen molar-refractivity contribution in [2.75, 3.05) is 5.43 Å². The van der Waals surface area contributed by atoms with Crippen molar-refractivity contribution in [2.24, 2.45) is 5.10 Å². The molecule has 114 valence electrons. The van der Waals surface area contributed by atoms with Gasteiger partial charge in [0, 0.05) is 9.79 Å². The van der Waals surface area contributed by atoms with Gasteiger partial charge in [-0.3, -0.25) is 5.43 Å². The van der Waals surface area contributed by atoms with Crippen molar-refractivity contribution in [3.05, 3.63) is 89.4 Å². The first kappa shape index (κ1) is 15.7. The van der Waals surface area contributed by atoms with E-state index in [4.69, 9.17) is 11.6 Å². The van der Waals surface area contributed by atoms with Crippen LogP contribution in [0.5, 0.6) is 0 Å². The highest BCUT2D eigenvalue weighted by Gasteiger charge is 2.01. The molecule has 3 aromatic rings. The summed E-state index contributed by atoms with van der Waals surface area (Å²) in [5, 5.41) is 5.01. The predicted octanol–water partition coefficient (Wildman–Crippen LogP) is 5.94. The van der Waals surface area contributed by atoms with Crippen LogP contribution >= 0.6 is 23.4 Å². The predicted molar refractivity (Wildman–Crippen MR) is 99.7 cm³/mol. The number of hydrogen-bond acceptors (Lipinski definition) is 3. The molecule has 3 rings (SSSR count). The van der Waals surface area contributed by atoms with Crippen molar-refractivity contribution in [1.29, 1.82) is 0 Å². The number of hydrazone groups is 1. The van der Waals surface area contributed by atoms with Crippen LogP contribution < -0.4 is 5.43 Å². The lowest BCUT2D eigenvalue weighted by molar-refractivity contribution is 1.34. The summed E-state index contributed by atoms with van der Waals surface area (Å²) in [5.41, 5.74) is 5.01. The lowest BCUT2D eigenvalue weighted by Gasteiger charge is -2.04. The van der Waals surface area contributed by atoms with Gasteiger partial charge in [-0.15, -0.1) is 0 Å². The standard InChI is InChI=1S/C19H15ClN2S/c20-18-8-4-5-9-19(18)23-17-12-10-15(11-13-17)14-21-22-16-6-2-1-3-7-16/h1-14,22H. The largest absolute Gasteiger partial charge is 0.279 e. The SMILES string of the molecule is Clc1ccccc1Sc1ccc(C=NNc2ccccc2)cc1. The Labute approximate surface area is 145 Å². The van der Waals surface area contributed by atoms with Gasteiger partial charge in [0.2, 0.25) is 0 Å². The topological polar surface area (TPSA) is 24.4 Å². The Morgan fingerprint density at radius 2 is 1.52 bits per heavy atom. The number of hydrogen-bond donors (Lipinski definition) is 1. The van der Waals surface area contributed by atoms with E-state index in [1.807, 2.05) is 66.7 Å². The molecule has 23 heavy (non-hydrogen) atoms. The zero-order valence-corrected chi connectivity index (χ0v) is 13.9. The van der Waals surface area contributed by atoms with Gasteiger partial charge in [-0.05, 0) is 42.0 Å². The Kier molecular flexibility index (Phi) is 5.35. The fourth-order valence-corrected chi connectivity index (χ4v) is 3.06. The van der Waals surface area contributed by atoms with Crippen LogP contribution in [0.1, 0.15) is 5.56 Å². The molecule has 0 aliphatic heterocycles. The van der Waals surface area contributed by atoms with E-state index >= 15 is 0 Å². The van der Waals surface area contributed by atoms with Gasteiger partial charge in [-0.25, -0.2) is 0 Å². The van der Waals surface area contributed by atoms with Crippen molar-refractivity contribution in [3.8, 4) is 0 Å². The second kappa shape index (κ2) is 7.86. The molecule has 0 fully saturated rings. The maximum atomic E-state index is 6.18. The van der Waals surface area contributed by atoms with Crippen LogP contribution in [0, 0.1) is 0 Å². The van der Waals surface area contributed by atoms with Gasteiger partial charge in [0.1, 0.15) is 0 Å². The monoisotopic (exact) mass is 338 g/mol. The third-order valence-electron chi connectivity index (χ3n) is 3.13. The van der Waals surface area contributed by atoms with E-state index in [1.54, 1.807) is 18.0 Å². The van der Waals surface area contributed by atoms with Crippen molar-refractivity contribution in [1.82, 2.24) is 0 Å². The van der Waals surface area contributed by atoms with Crippen molar-refractivity contribution in [2.45, 2.75) is 9.79 Å². The lowest BCUT2D eigenvalue weighted by Crippen LogP contribution is -1.89. The van der Waals surface area contributed by atoms with Crippen LogP contribution in [0.3, 0.4) is 0 Å². The summed E-state index contributed by atoms with van der Waals surface area (Å²) in [6, 6.07) is 25.9. The first-order valence-electron chi connectivity index (χ1n) is 7.18. The molecule has 0 aliphatic carbocycles. The highest BCUT2D eigenvalue weighted by Crippen LogP contribution is 2.32. The minimum absolute atomic E-state index is 0.773. The van der Waals surface area contributed by atoms with E-state index in [0.717, 1.165) is 26.1 Å². The van der Waals surface area contributed by atoms with Crippen molar-refractivity contribution in [3.63, 3.8) is 0 Å². The average molecular weight is 339 g/mol. The zero-order chi connectivity index (χ0) is 15.9. The molecule has 0 aliphatic rings. The van der Waals surface area contributed by atoms with E-state index in [-0.39, 0.29) is 0 Å². The Morgan fingerprint density at radius 3 is 2.26 bits per heavy atom. The van der Waals surface area contributed by atoms with E-state index in [9.17, 15) is 0 Å². The molecule has 4 heteroatoms. The third kappa shape index (κ3) is 4.62. The van der Waals surface area contributed by atoms with Gasteiger partial charge in [0.25, 0.3) is 0 Å². The molecule has 0 bridgehead atoms. The summed E-state index contributed by atoms with van der Waals surface area (Å²) in [6.07, 6.45) is 1.80. The van der Waals surface area contributed by atoms with Gasteiger partial charge < -0.3 is 0 Å². The third-order valence-corrected chi connectivity index (χ3v) is 4.65. The molecule has 2 nitrogen and oxygen atoms in total. The summed E-state index contributed by atoms with van der Waals surface area (Å²) in [5.74, 6) is 0. The van der Waals surface area contributed by atoms with E-state index in [1.165, 1.54) is 0 Å². The average Bonchev–Trinajstić information content (AvgIpc) is 2.59. The molecule has 0 saturated heterocycles. The molecule has 0 saturated carbocycles. The summed E-state index contributed by atoms with van der Waals surface area (Å²) >= 11 is 7.83. The van der Waals surface area contributed by atoms with Crippen LogP contribution in [0.4, 0.5) is 5.69 Å². The normalized spacial score (nSPS) is 10.8. The van der Waals surface area contributed by atoms with Gasteiger partial charge in [0.05, 0.1) is 16.9 Å².